The minimum Gasteiger partial charge on any atom is -0.465 e. The van der Waals surface area contributed by atoms with E-state index in [-0.39, 0.29) is 11.3 Å². The molecule has 0 spiro atoms. The summed E-state index contributed by atoms with van der Waals surface area (Å²) in [5.41, 5.74) is 0.247. The van der Waals surface area contributed by atoms with E-state index in [4.69, 9.17) is 11.6 Å². The number of halogens is 1. The number of carbonyl (C=O) groups is 2. The molecule has 0 radical (unpaired) electrons. The fourth-order valence-electron chi connectivity index (χ4n) is 5.66. The van der Waals surface area contributed by atoms with Gasteiger partial charge < -0.3 is 15.3 Å². The van der Waals surface area contributed by atoms with Crippen molar-refractivity contribution in [2.45, 2.75) is 52.0 Å². The van der Waals surface area contributed by atoms with Gasteiger partial charge in [0.15, 0.2) is 0 Å². The molecule has 7 heteroatoms. The number of hydrogen-bond donors (Lipinski definition) is 2. The Kier molecular flexibility index (Phi) is 6.92. The van der Waals surface area contributed by atoms with E-state index in [9.17, 15) is 14.7 Å². The van der Waals surface area contributed by atoms with Crippen molar-refractivity contribution in [1.82, 2.24) is 15.1 Å². The lowest BCUT2D eigenvalue weighted by atomic mass is 9.60. The standard InChI is InChI=1S/C24H36ClN3O3/c1-23(2,3)24(18-6-7-19(20(25)14-18)21(29)27(4)5)15-17(10-13-28(24)22(30)31)16-8-11-26-12-9-16/h6-7,14,16-17,26H,8-13,15H2,1-5H3,(H,30,31). The minimum absolute atomic E-state index is 0.160. The Morgan fingerprint density at radius 3 is 2.32 bits per heavy atom. The topological polar surface area (TPSA) is 72.9 Å². The summed E-state index contributed by atoms with van der Waals surface area (Å²) in [4.78, 5) is 28.1. The van der Waals surface area contributed by atoms with Crippen LogP contribution in [-0.2, 0) is 5.54 Å². The number of carbonyl (C=O) groups excluding carboxylic acids is 1. The monoisotopic (exact) mass is 449 g/mol. The normalized spacial score (nSPS) is 25.4. The molecule has 2 saturated heterocycles. The number of carboxylic acid groups (broad SMARTS) is 1. The smallest absolute Gasteiger partial charge is 0.408 e. The predicted molar refractivity (Wildman–Crippen MR) is 124 cm³/mol. The fraction of sp³-hybridized carbons (Fsp3) is 0.667. The third-order valence-corrected chi connectivity index (χ3v) is 7.66. The van der Waals surface area contributed by atoms with E-state index >= 15 is 0 Å². The van der Waals surface area contributed by atoms with Crippen LogP contribution >= 0.6 is 11.6 Å². The van der Waals surface area contributed by atoms with Crippen LogP contribution < -0.4 is 5.32 Å². The van der Waals surface area contributed by atoms with Gasteiger partial charge >= 0.3 is 6.09 Å². The zero-order chi connectivity index (χ0) is 23.0. The molecule has 2 heterocycles. The van der Waals surface area contributed by atoms with Crippen LogP contribution in [0.15, 0.2) is 18.2 Å². The largest absolute Gasteiger partial charge is 0.465 e. The number of rotatable bonds is 3. The molecule has 2 fully saturated rings. The van der Waals surface area contributed by atoms with Crippen molar-refractivity contribution in [2.75, 3.05) is 33.7 Å². The molecule has 31 heavy (non-hydrogen) atoms. The highest BCUT2D eigenvalue weighted by molar-refractivity contribution is 6.33. The number of nitrogens with one attached hydrogen (secondary N) is 1. The molecule has 2 amide bonds. The van der Waals surface area contributed by atoms with E-state index in [1.807, 2.05) is 12.1 Å². The third-order valence-electron chi connectivity index (χ3n) is 7.35. The van der Waals surface area contributed by atoms with Crippen LogP contribution in [0.1, 0.15) is 62.4 Å². The van der Waals surface area contributed by atoms with Crippen molar-refractivity contribution in [1.29, 1.82) is 0 Å². The molecule has 1 aromatic rings. The average molecular weight is 450 g/mol. The SMILES string of the molecule is CN(C)C(=O)c1ccc(C2(C(C)(C)C)CC(C3CCNCC3)CCN2C(=O)O)cc1Cl. The van der Waals surface area contributed by atoms with Crippen molar-refractivity contribution in [3.05, 3.63) is 34.3 Å². The van der Waals surface area contributed by atoms with Crippen LogP contribution in [0.5, 0.6) is 0 Å². The van der Waals surface area contributed by atoms with Gasteiger partial charge in [0.25, 0.3) is 5.91 Å². The van der Waals surface area contributed by atoms with E-state index < -0.39 is 11.6 Å². The summed E-state index contributed by atoms with van der Waals surface area (Å²) in [5.74, 6) is 0.899. The molecule has 0 bridgehead atoms. The van der Waals surface area contributed by atoms with Gasteiger partial charge in [0.2, 0.25) is 0 Å². The summed E-state index contributed by atoms with van der Waals surface area (Å²) >= 11 is 6.59. The van der Waals surface area contributed by atoms with Gasteiger partial charge in [0.05, 0.1) is 16.1 Å². The lowest BCUT2D eigenvalue weighted by Gasteiger charge is -2.57. The summed E-state index contributed by atoms with van der Waals surface area (Å²) in [7, 11) is 3.39. The number of nitrogens with zero attached hydrogens (tertiary/aromatic N) is 2. The first-order chi connectivity index (χ1) is 14.5. The molecular formula is C24H36ClN3O3. The van der Waals surface area contributed by atoms with Crippen molar-refractivity contribution < 1.29 is 14.7 Å². The molecule has 2 aliphatic rings. The molecule has 2 N–H and O–H groups in total. The molecule has 172 valence electrons. The molecule has 2 atom stereocenters. The Balaban J connectivity index is 2.10. The summed E-state index contributed by atoms with van der Waals surface area (Å²) in [6.07, 6.45) is 3.03. The highest BCUT2D eigenvalue weighted by atomic mass is 35.5. The maximum atomic E-state index is 12.5. The molecule has 0 aromatic heterocycles. The van der Waals surface area contributed by atoms with Crippen molar-refractivity contribution in [2.24, 2.45) is 17.3 Å². The first kappa shape index (κ1) is 23.9. The minimum atomic E-state index is -0.900. The second-order valence-electron chi connectivity index (χ2n) is 10.3. The summed E-state index contributed by atoms with van der Waals surface area (Å²) in [6.45, 7) is 8.90. The second kappa shape index (κ2) is 8.99. The molecule has 2 unspecified atom stereocenters. The number of benzene rings is 1. The Bertz CT molecular complexity index is 830. The first-order valence-corrected chi connectivity index (χ1v) is 11.6. The highest BCUT2D eigenvalue weighted by Crippen LogP contribution is 2.54. The van der Waals surface area contributed by atoms with Gasteiger partial charge in [-0.3, -0.25) is 9.69 Å². The van der Waals surface area contributed by atoms with Gasteiger partial charge in [-0.05, 0) is 73.7 Å². The maximum absolute atomic E-state index is 12.5. The number of amides is 2. The first-order valence-electron chi connectivity index (χ1n) is 11.2. The van der Waals surface area contributed by atoms with Crippen molar-refractivity contribution in [3.8, 4) is 0 Å². The summed E-state index contributed by atoms with van der Waals surface area (Å²) in [5, 5.41) is 14.0. The fourth-order valence-corrected chi connectivity index (χ4v) is 5.92. The van der Waals surface area contributed by atoms with Crippen LogP contribution in [0.25, 0.3) is 0 Å². The Labute approximate surface area is 190 Å². The van der Waals surface area contributed by atoms with E-state index in [0.29, 0.717) is 29.0 Å². The quantitative estimate of drug-likeness (QED) is 0.703. The van der Waals surface area contributed by atoms with Crippen LogP contribution in [0.2, 0.25) is 5.02 Å². The molecule has 0 aliphatic carbocycles. The van der Waals surface area contributed by atoms with E-state index in [2.05, 4.69) is 26.1 Å². The summed E-state index contributed by atoms with van der Waals surface area (Å²) < 4.78 is 0. The van der Waals surface area contributed by atoms with Gasteiger partial charge in [-0.2, -0.15) is 0 Å². The number of hydrogen-bond acceptors (Lipinski definition) is 3. The van der Waals surface area contributed by atoms with Gasteiger partial charge in [-0.15, -0.1) is 0 Å². The molecule has 1 aromatic carbocycles. The Morgan fingerprint density at radius 1 is 1.16 bits per heavy atom. The second-order valence-corrected chi connectivity index (χ2v) is 10.7. The third kappa shape index (κ3) is 4.42. The number of likely N-dealkylation sites (tertiary alicyclic amines) is 1. The molecule has 6 nitrogen and oxygen atoms in total. The zero-order valence-electron chi connectivity index (χ0n) is 19.4. The molecular weight excluding hydrogens is 414 g/mol. The Hall–Kier alpha value is -1.79. The number of piperidine rings is 2. The average Bonchev–Trinajstić information content (AvgIpc) is 2.72. The van der Waals surface area contributed by atoms with Crippen molar-refractivity contribution >= 4 is 23.6 Å². The molecule has 2 aliphatic heterocycles. The zero-order valence-corrected chi connectivity index (χ0v) is 20.1. The van der Waals surface area contributed by atoms with Crippen molar-refractivity contribution in [3.63, 3.8) is 0 Å². The maximum Gasteiger partial charge on any atom is 0.408 e. The highest BCUT2D eigenvalue weighted by Gasteiger charge is 2.54. The van der Waals surface area contributed by atoms with Gasteiger partial charge in [0.1, 0.15) is 0 Å². The molecule has 3 rings (SSSR count). The van der Waals surface area contributed by atoms with Crippen LogP contribution in [0.4, 0.5) is 4.79 Å². The lowest BCUT2D eigenvalue weighted by Crippen LogP contribution is -2.61. The van der Waals surface area contributed by atoms with Crippen LogP contribution in [0.3, 0.4) is 0 Å². The molecule has 0 saturated carbocycles. The van der Waals surface area contributed by atoms with E-state index in [0.717, 1.165) is 44.3 Å². The van der Waals surface area contributed by atoms with E-state index in [1.54, 1.807) is 25.1 Å². The van der Waals surface area contributed by atoms with Gasteiger partial charge in [0, 0.05) is 20.6 Å². The summed E-state index contributed by atoms with van der Waals surface area (Å²) in [6, 6.07) is 5.49. The van der Waals surface area contributed by atoms with E-state index in [1.165, 1.54) is 4.90 Å². The lowest BCUT2D eigenvalue weighted by molar-refractivity contribution is -0.0595. The van der Waals surface area contributed by atoms with Crippen LogP contribution in [0, 0.1) is 17.3 Å². The Morgan fingerprint density at radius 2 is 1.81 bits per heavy atom. The van der Waals surface area contributed by atoms with Gasteiger partial charge in [-0.1, -0.05) is 38.4 Å². The predicted octanol–water partition coefficient (Wildman–Crippen LogP) is 4.67. The van der Waals surface area contributed by atoms with Gasteiger partial charge in [-0.25, -0.2) is 4.79 Å². The van der Waals surface area contributed by atoms with Crippen LogP contribution in [-0.4, -0.2) is 60.6 Å².